The fourth-order valence-corrected chi connectivity index (χ4v) is 6.26. The second-order valence-corrected chi connectivity index (χ2v) is 11.1. The van der Waals surface area contributed by atoms with Gasteiger partial charge in [-0.3, -0.25) is 0 Å². The molecule has 0 spiro atoms. The lowest BCUT2D eigenvalue weighted by Crippen LogP contribution is -2.34. The van der Waals surface area contributed by atoms with E-state index in [2.05, 4.69) is 60.7 Å². The molecule has 6 heteroatoms. The number of carbonyl (C=O) groups is 2. The number of unbranched alkanes of at least 4 members (excludes halogenated alkanes) is 4. The van der Waals surface area contributed by atoms with E-state index in [1.165, 1.54) is 11.1 Å². The van der Waals surface area contributed by atoms with Crippen LogP contribution in [-0.4, -0.2) is 33.6 Å². The van der Waals surface area contributed by atoms with Crippen molar-refractivity contribution in [2.24, 2.45) is 0 Å². The van der Waals surface area contributed by atoms with Crippen molar-refractivity contribution in [1.82, 2.24) is 4.90 Å². The SMILES string of the molecule is CC1=C(C(=O)O)C(c2cccc(Cl)c2)C(C(=O)O)=C(C)N1CCCCCCCC(c1ccccc1)c1ccccc1. The summed E-state index contributed by atoms with van der Waals surface area (Å²) in [4.78, 5) is 26.7. The van der Waals surface area contributed by atoms with Crippen LogP contribution in [0.4, 0.5) is 0 Å². The van der Waals surface area contributed by atoms with Crippen LogP contribution in [0.5, 0.6) is 0 Å². The van der Waals surface area contributed by atoms with Crippen LogP contribution in [0.2, 0.25) is 5.02 Å². The minimum atomic E-state index is -1.12. The van der Waals surface area contributed by atoms with E-state index in [0.717, 1.165) is 38.5 Å². The van der Waals surface area contributed by atoms with Gasteiger partial charge in [-0.05, 0) is 55.5 Å². The minimum absolute atomic E-state index is 0.0862. The van der Waals surface area contributed by atoms with Crippen molar-refractivity contribution in [2.75, 3.05) is 6.54 Å². The molecule has 0 saturated heterocycles. The van der Waals surface area contributed by atoms with Gasteiger partial charge in [-0.15, -0.1) is 0 Å². The molecule has 1 aliphatic rings. The lowest BCUT2D eigenvalue weighted by atomic mass is 9.79. The summed E-state index contributed by atoms with van der Waals surface area (Å²) in [6.07, 6.45) is 6.20. The van der Waals surface area contributed by atoms with Crippen LogP contribution in [0.15, 0.2) is 107 Å². The van der Waals surface area contributed by atoms with Gasteiger partial charge in [0.1, 0.15) is 0 Å². The highest BCUT2D eigenvalue weighted by Crippen LogP contribution is 2.42. The first-order valence-corrected chi connectivity index (χ1v) is 14.7. The van der Waals surface area contributed by atoms with Gasteiger partial charge in [-0.25, -0.2) is 9.59 Å². The van der Waals surface area contributed by atoms with E-state index < -0.39 is 17.9 Å². The lowest BCUT2D eigenvalue weighted by Gasteiger charge is -2.37. The molecule has 0 aromatic heterocycles. The van der Waals surface area contributed by atoms with Crippen LogP contribution in [0.1, 0.15) is 80.9 Å². The third-order valence-corrected chi connectivity index (χ3v) is 8.32. The number of benzene rings is 3. The third-order valence-electron chi connectivity index (χ3n) is 8.09. The van der Waals surface area contributed by atoms with E-state index in [1.54, 1.807) is 38.1 Å². The molecule has 0 bridgehead atoms. The van der Waals surface area contributed by atoms with E-state index in [0.29, 0.717) is 34.4 Å². The molecular weight excluding hydrogens is 534 g/mol. The second kappa shape index (κ2) is 14.2. The molecule has 0 aliphatic carbocycles. The van der Waals surface area contributed by atoms with Crippen molar-refractivity contribution in [3.05, 3.63) is 129 Å². The number of allylic oxidation sites excluding steroid dienone is 2. The number of aliphatic carboxylic acids is 2. The zero-order valence-corrected chi connectivity index (χ0v) is 24.5. The average molecular weight is 572 g/mol. The molecule has 1 aliphatic heterocycles. The van der Waals surface area contributed by atoms with Crippen molar-refractivity contribution >= 4 is 23.5 Å². The first-order valence-electron chi connectivity index (χ1n) is 14.3. The van der Waals surface area contributed by atoms with E-state index in [9.17, 15) is 19.8 Å². The number of halogens is 1. The van der Waals surface area contributed by atoms with Gasteiger partial charge >= 0.3 is 11.9 Å². The summed E-state index contributed by atoms with van der Waals surface area (Å²) in [5, 5.41) is 20.8. The monoisotopic (exact) mass is 571 g/mol. The van der Waals surface area contributed by atoms with E-state index in [-0.39, 0.29) is 11.1 Å². The quantitative estimate of drug-likeness (QED) is 0.201. The Hall–Kier alpha value is -3.83. The molecular formula is C35H38ClNO4. The zero-order chi connectivity index (χ0) is 29.4. The fourth-order valence-electron chi connectivity index (χ4n) is 6.06. The maximum atomic E-state index is 12.4. The Morgan fingerprint density at radius 1 is 0.732 bits per heavy atom. The molecule has 2 N–H and O–H groups in total. The van der Waals surface area contributed by atoms with Gasteiger partial charge in [-0.2, -0.15) is 0 Å². The van der Waals surface area contributed by atoms with E-state index >= 15 is 0 Å². The molecule has 3 aromatic rings. The van der Waals surface area contributed by atoms with Crippen LogP contribution >= 0.6 is 11.6 Å². The molecule has 4 rings (SSSR count). The number of hydrogen-bond donors (Lipinski definition) is 2. The molecule has 1 heterocycles. The Balaban J connectivity index is 1.38. The molecule has 3 aromatic carbocycles. The van der Waals surface area contributed by atoms with Crippen LogP contribution in [0.3, 0.4) is 0 Å². The minimum Gasteiger partial charge on any atom is -0.478 e. The summed E-state index contributed by atoms with van der Waals surface area (Å²) in [5.74, 6) is -2.74. The first-order chi connectivity index (χ1) is 19.8. The molecule has 0 amide bonds. The van der Waals surface area contributed by atoms with Gasteiger partial charge in [0.15, 0.2) is 0 Å². The summed E-state index contributed by atoms with van der Waals surface area (Å²) >= 11 is 6.18. The van der Waals surface area contributed by atoms with Crippen LogP contribution in [-0.2, 0) is 9.59 Å². The maximum absolute atomic E-state index is 12.4. The van der Waals surface area contributed by atoms with Crippen molar-refractivity contribution < 1.29 is 19.8 Å². The number of carboxylic acid groups (broad SMARTS) is 2. The summed E-state index contributed by atoms with van der Waals surface area (Å²) in [5.41, 5.74) is 4.58. The fraction of sp³-hybridized carbons (Fsp3) is 0.314. The van der Waals surface area contributed by atoms with Gasteiger partial charge < -0.3 is 15.1 Å². The summed E-state index contributed by atoms with van der Waals surface area (Å²) in [6.45, 7) is 4.12. The van der Waals surface area contributed by atoms with E-state index in [4.69, 9.17) is 11.6 Å². The topological polar surface area (TPSA) is 77.8 Å². The number of carboxylic acids is 2. The highest BCUT2D eigenvalue weighted by atomic mass is 35.5. The largest absolute Gasteiger partial charge is 0.478 e. The molecule has 0 unspecified atom stereocenters. The van der Waals surface area contributed by atoms with Crippen molar-refractivity contribution in [2.45, 2.75) is 64.2 Å². The van der Waals surface area contributed by atoms with Crippen molar-refractivity contribution in [3.63, 3.8) is 0 Å². The Morgan fingerprint density at radius 3 is 1.76 bits per heavy atom. The highest BCUT2D eigenvalue weighted by molar-refractivity contribution is 6.30. The first kappa shape index (κ1) is 30.1. The second-order valence-electron chi connectivity index (χ2n) is 10.7. The molecule has 41 heavy (non-hydrogen) atoms. The van der Waals surface area contributed by atoms with Gasteiger partial charge in [0, 0.05) is 28.9 Å². The van der Waals surface area contributed by atoms with Gasteiger partial charge in [0.05, 0.1) is 17.1 Å². The van der Waals surface area contributed by atoms with Crippen LogP contribution < -0.4 is 0 Å². The normalized spacial score (nSPS) is 14.2. The Morgan fingerprint density at radius 2 is 1.24 bits per heavy atom. The number of nitrogens with zero attached hydrogens (tertiary/aromatic N) is 1. The van der Waals surface area contributed by atoms with E-state index in [1.807, 2.05) is 4.90 Å². The smallest absolute Gasteiger partial charge is 0.334 e. The number of rotatable bonds is 13. The molecule has 0 radical (unpaired) electrons. The maximum Gasteiger partial charge on any atom is 0.334 e. The Kier molecular flexibility index (Phi) is 10.4. The summed E-state index contributed by atoms with van der Waals surface area (Å²) in [6, 6.07) is 28.1. The van der Waals surface area contributed by atoms with Gasteiger partial charge in [0.25, 0.3) is 0 Å². The summed E-state index contributed by atoms with van der Waals surface area (Å²) < 4.78 is 0. The molecule has 214 valence electrons. The predicted octanol–water partition coefficient (Wildman–Crippen LogP) is 8.63. The van der Waals surface area contributed by atoms with Gasteiger partial charge in [0.2, 0.25) is 0 Å². The predicted molar refractivity (Wildman–Crippen MR) is 164 cm³/mol. The van der Waals surface area contributed by atoms with Crippen molar-refractivity contribution in [1.29, 1.82) is 0 Å². The van der Waals surface area contributed by atoms with Crippen LogP contribution in [0, 0.1) is 0 Å². The standard InChI is InChI=1S/C35H38ClNO4/c1-24-31(34(38)39)33(28-19-14-20-29(36)23-28)32(35(40)41)25(2)37(24)22-13-5-3-4-12-21-30(26-15-8-6-9-16-26)27-17-10-7-11-18-27/h6-11,14-20,23,30,33H,3-5,12-13,21-22H2,1-2H3,(H,38,39)(H,40,41). The highest BCUT2D eigenvalue weighted by Gasteiger charge is 2.39. The third kappa shape index (κ3) is 7.28. The molecule has 0 fully saturated rings. The molecule has 5 nitrogen and oxygen atoms in total. The summed E-state index contributed by atoms with van der Waals surface area (Å²) in [7, 11) is 0. The zero-order valence-electron chi connectivity index (χ0n) is 23.7. The molecule has 0 saturated carbocycles. The van der Waals surface area contributed by atoms with Crippen LogP contribution in [0.25, 0.3) is 0 Å². The molecule has 0 atom stereocenters. The Labute approximate surface area is 247 Å². The number of hydrogen-bond acceptors (Lipinski definition) is 3. The Bertz CT molecular complexity index is 1340. The van der Waals surface area contributed by atoms with Gasteiger partial charge in [-0.1, -0.05) is 110 Å². The van der Waals surface area contributed by atoms with Crippen molar-refractivity contribution in [3.8, 4) is 0 Å². The lowest BCUT2D eigenvalue weighted by molar-refractivity contribution is -0.133. The average Bonchev–Trinajstić information content (AvgIpc) is 2.96.